The van der Waals surface area contributed by atoms with E-state index in [1.54, 1.807) is 4.90 Å². The third kappa shape index (κ3) is 3.72. The van der Waals surface area contributed by atoms with Gasteiger partial charge in [0.25, 0.3) is 0 Å². The number of benzene rings is 1. The van der Waals surface area contributed by atoms with Crippen LogP contribution in [0, 0.1) is 5.92 Å². The molecule has 0 saturated carbocycles. The third-order valence-corrected chi connectivity index (χ3v) is 5.09. The molecule has 1 atom stereocenters. The minimum Gasteiger partial charge on any atom is -0.469 e. The van der Waals surface area contributed by atoms with E-state index >= 15 is 0 Å². The highest BCUT2D eigenvalue weighted by Crippen LogP contribution is 2.24. The first kappa shape index (κ1) is 16.0. The molecule has 23 heavy (non-hydrogen) atoms. The Hall–Kier alpha value is -1.88. The summed E-state index contributed by atoms with van der Waals surface area (Å²) in [7, 11) is 1.39. The van der Waals surface area contributed by atoms with Crippen molar-refractivity contribution >= 4 is 11.9 Å². The molecule has 0 unspecified atom stereocenters. The summed E-state index contributed by atoms with van der Waals surface area (Å²) in [6.07, 6.45) is 2.34. The van der Waals surface area contributed by atoms with E-state index in [9.17, 15) is 9.59 Å². The number of quaternary nitrogens is 1. The second kappa shape index (κ2) is 7.13. The first-order valence-corrected chi connectivity index (χ1v) is 8.42. The van der Waals surface area contributed by atoms with Crippen molar-refractivity contribution < 1.29 is 19.2 Å². The van der Waals surface area contributed by atoms with E-state index in [-0.39, 0.29) is 23.8 Å². The van der Waals surface area contributed by atoms with Crippen molar-refractivity contribution in [3.05, 3.63) is 35.9 Å². The molecular weight excluding hydrogens is 292 g/mol. The van der Waals surface area contributed by atoms with Crippen molar-refractivity contribution in [2.45, 2.75) is 31.8 Å². The van der Waals surface area contributed by atoms with E-state index in [4.69, 9.17) is 4.74 Å². The van der Waals surface area contributed by atoms with Gasteiger partial charge >= 0.3 is 5.97 Å². The summed E-state index contributed by atoms with van der Waals surface area (Å²) in [5, 5.41) is 0. The lowest BCUT2D eigenvalue weighted by Gasteiger charge is -2.34. The van der Waals surface area contributed by atoms with Gasteiger partial charge in [-0.15, -0.1) is 0 Å². The normalized spacial score (nSPS) is 28.0. The van der Waals surface area contributed by atoms with Gasteiger partial charge < -0.3 is 14.5 Å². The van der Waals surface area contributed by atoms with Gasteiger partial charge in [-0.05, 0) is 0 Å². The highest BCUT2D eigenvalue weighted by Gasteiger charge is 2.40. The van der Waals surface area contributed by atoms with Crippen LogP contribution in [0.5, 0.6) is 0 Å². The third-order valence-electron chi connectivity index (χ3n) is 5.09. The van der Waals surface area contributed by atoms with Crippen LogP contribution in [0.15, 0.2) is 30.3 Å². The number of nitrogens with one attached hydrogen (secondary N) is 1. The van der Waals surface area contributed by atoms with Crippen LogP contribution in [0.3, 0.4) is 0 Å². The molecule has 0 spiro atoms. The minimum absolute atomic E-state index is 0.108. The standard InChI is InChI=1S/C18H24N2O3/c1-23-18(22)15-11-17(21)20(13-15)16-7-9-19(10-8-16)12-14-5-3-2-4-6-14/h2-6,15-16H,7-13H2,1H3/p+1/t15-/m0/s1. The number of piperidine rings is 1. The molecule has 1 N–H and O–H groups in total. The molecule has 1 aromatic carbocycles. The summed E-state index contributed by atoms with van der Waals surface area (Å²) in [5.74, 6) is -0.424. The summed E-state index contributed by atoms with van der Waals surface area (Å²) in [6, 6.07) is 10.8. The Bertz CT molecular complexity index is 553. The molecule has 1 amide bonds. The van der Waals surface area contributed by atoms with E-state index in [0.717, 1.165) is 32.5 Å². The first-order valence-electron chi connectivity index (χ1n) is 8.42. The molecule has 5 heteroatoms. The van der Waals surface area contributed by atoms with Crippen molar-refractivity contribution in [1.82, 2.24) is 4.90 Å². The van der Waals surface area contributed by atoms with Gasteiger partial charge in [-0.2, -0.15) is 0 Å². The number of likely N-dealkylation sites (tertiary alicyclic amines) is 2. The highest BCUT2D eigenvalue weighted by atomic mass is 16.5. The zero-order valence-electron chi connectivity index (χ0n) is 13.7. The van der Waals surface area contributed by atoms with Crippen LogP contribution in [-0.2, 0) is 20.9 Å². The summed E-state index contributed by atoms with van der Waals surface area (Å²) in [6.45, 7) is 3.73. The summed E-state index contributed by atoms with van der Waals surface area (Å²) >= 11 is 0. The number of esters is 1. The number of nitrogens with zero attached hydrogens (tertiary/aromatic N) is 1. The van der Waals surface area contributed by atoms with Gasteiger partial charge in [-0.1, -0.05) is 30.3 Å². The number of hydrogen-bond acceptors (Lipinski definition) is 3. The molecule has 1 aromatic rings. The van der Waals surface area contributed by atoms with E-state index in [1.807, 2.05) is 11.0 Å². The fourth-order valence-electron chi connectivity index (χ4n) is 3.79. The fraction of sp³-hybridized carbons (Fsp3) is 0.556. The molecule has 3 rings (SSSR count). The topological polar surface area (TPSA) is 51.1 Å². The smallest absolute Gasteiger partial charge is 0.310 e. The molecule has 0 radical (unpaired) electrons. The monoisotopic (exact) mass is 317 g/mol. The van der Waals surface area contributed by atoms with Gasteiger partial charge in [0, 0.05) is 37.4 Å². The van der Waals surface area contributed by atoms with E-state index < -0.39 is 0 Å². The molecule has 2 heterocycles. The van der Waals surface area contributed by atoms with Crippen LogP contribution in [0.2, 0.25) is 0 Å². The van der Waals surface area contributed by atoms with Crippen molar-refractivity contribution in [3.8, 4) is 0 Å². The Labute approximate surface area is 137 Å². The Morgan fingerprint density at radius 1 is 1.26 bits per heavy atom. The van der Waals surface area contributed by atoms with Gasteiger partial charge in [-0.25, -0.2) is 0 Å². The average Bonchev–Trinajstić information content (AvgIpc) is 2.98. The number of methoxy groups -OCH3 is 1. The molecule has 2 saturated heterocycles. The summed E-state index contributed by atoms with van der Waals surface area (Å²) in [4.78, 5) is 27.3. The maximum absolute atomic E-state index is 12.2. The summed E-state index contributed by atoms with van der Waals surface area (Å²) < 4.78 is 4.78. The Morgan fingerprint density at radius 2 is 1.96 bits per heavy atom. The predicted molar refractivity (Wildman–Crippen MR) is 85.7 cm³/mol. The second-order valence-corrected chi connectivity index (χ2v) is 6.61. The van der Waals surface area contributed by atoms with Crippen molar-refractivity contribution in [2.75, 3.05) is 26.7 Å². The van der Waals surface area contributed by atoms with Gasteiger partial charge in [0.2, 0.25) is 5.91 Å². The maximum atomic E-state index is 12.2. The number of carbonyl (C=O) groups excluding carboxylic acids is 2. The quantitative estimate of drug-likeness (QED) is 0.810. The molecule has 2 aliphatic rings. The molecule has 2 aliphatic heterocycles. The van der Waals surface area contributed by atoms with E-state index in [1.165, 1.54) is 12.7 Å². The van der Waals surface area contributed by atoms with Gasteiger partial charge in [0.05, 0.1) is 26.1 Å². The Kier molecular flexibility index (Phi) is 4.96. The van der Waals surface area contributed by atoms with Crippen LogP contribution < -0.4 is 4.90 Å². The number of rotatable bonds is 4. The molecular formula is C18H25N2O3+. The SMILES string of the molecule is COC(=O)[C@H]1CC(=O)N(C2CC[NH+](Cc3ccccc3)CC2)C1. The Balaban J connectivity index is 1.51. The van der Waals surface area contributed by atoms with E-state index in [0.29, 0.717) is 13.0 Å². The lowest BCUT2D eigenvalue weighted by Crippen LogP contribution is -3.12. The average molecular weight is 317 g/mol. The van der Waals surface area contributed by atoms with Crippen molar-refractivity contribution in [3.63, 3.8) is 0 Å². The van der Waals surface area contributed by atoms with Crippen LogP contribution in [0.1, 0.15) is 24.8 Å². The van der Waals surface area contributed by atoms with Crippen molar-refractivity contribution in [2.24, 2.45) is 5.92 Å². The van der Waals surface area contributed by atoms with Gasteiger partial charge in [0.15, 0.2) is 0 Å². The number of amides is 1. The van der Waals surface area contributed by atoms with Crippen LogP contribution in [0.25, 0.3) is 0 Å². The van der Waals surface area contributed by atoms with Crippen LogP contribution >= 0.6 is 0 Å². The van der Waals surface area contributed by atoms with Gasteiger partial charge in [-0.3, -0.25) is 9.59 Å². The van der Waals surface area contributed by atoms with Crippen molar-refractivity contribution in [1.29, 1.82) is 0 Å². The molecule has 0 aliphatic carbocycles. The van der Waals surface area contributed by atoms with Crippen LogP contribution in [0.4, 0.5) is 0 Å². The fourth-order valence-corrected chi connectivity index (χ4v) is 3.79. The lowest BCUT2D eigenvalue weighted by atomic mass is 10.0. The zero-order valence-corrected chi connectivity index (χ0v) is 13.7. The number of hydrogen-bond donors (Lipinski definition) is 1. The maximum Gasteiger partial charge on any atom is 0.310 e. The summed E-state index contributed by atoms with van der Waals surface area (Å²) in [5.41, 5.74) is 1.36. The second-order valence-electron chi connectivity index (χ2n) is 6.61. The first-order chi connectivity index (χ1) is 11.2. The Morgan fingerprint density at radius 3 is 2.61 bits per heavy atom. The molecule has 124 valence electrons. The number of carbonyl (C=O) groups is 2. The van der Waals surface area contributed by atoms with Gasteiger partial charge in [0.1, 0.15) is 6.54 Å². The number of ether oxygens (including phenoxy) is 1. The molecule has 0 aromatic heterocycles. The molecule has 2 fully saturated rings. The van der Waals surface area contributed by atoms with E-state index in [2.05, 4.69) is 24.3 Å². The molecule has 0 bridgehead atoms. The minimum atomic E-state index is -0.276. The molecule has 5 nitrogen and oxygen atoms in total. The predicted octanol–water partition coefficient (Wildman–Crippen LogP) is 0.255. The zero-order chi connectivity index (χ0) is 16.2. The lowest BCUT2D eigenvalue weighted by molar-refractivity contribution is -0.919. The largest absolute Gasteiger partial charge is 0.469 e. The highest BCUT2D eigenvalue weighted by molar-refractivity contribution is 5.87. The van der Waals surface area contributed by atoms with Crippen LogP contribution in [-0.4, -0.2) is 49.6 Å².